The molecule has 2 N–H and O–H groups in total. The molecule has 0 bridgehead atoms. The van der Waals surface area contributed by atoms with Gasteiger partial charge in [0.25, 0.3) is 0 Å². The van der Waals surface area contributed by atoms with Gasteiger partial charge in [0.1, 0.15) is 0 Å². The van der Waals surface area contributed by atoms with E-state index in [-0.39, 0.29) is 11.9 Å². The average Bonchev–Trinajstić information content (AvgIpc) is 2.84. The van der Waals surface area contributed by atoms with Crippen LogP contribution < -0.4 is 5.73 Å². The van der Waals surface area contributed by atoms with Gasteiger partial charge in [-0.05, 0) is 24.7 Å². The molecule has 3 heteroatoms. The first-order valence-electron chi connectivity index (χ1n) is 5.50. The van der Waals surface area contributed by atoms with Crippen molar-refractivity contribution >= 4 is 5.91 Å². The van der Waals surface area contributed by atoms with Crippen molar-refractivity contribution in [3.05, 3.63) is 0 Å². The van der Waals surface area contributed by atoms with E-state index in [0.717, 1.165) is 6.54 Å². The van der Waals surface area contributed by atoms with Crippen LogP contribution in [-0.2, 0) is 4.79 Å². The second-order valence-electron chi connectivity index (χ2n) is 4.87. The Morgan fingerprint density at radius 2 is 2.07 bits per heavy atom. The van der Waals surface area contributed by atoms with Gasteiger partial charge in [-0.2, -0.15) is 0 Å². The van der Waals surface area contributed by atoms with Gasteiger partial charge >= 0.3 is 0 Å². The molecule has 3 nitrogen and oxygen atoms in total. The van der Waals surface area contributed by atoms with Gasteiger partial charge in [-0.25, -0.2) is 0 Å². The quantitative estimate of drug-likeness (QED) is 0.722. The minimum absolute atomic E-state index is 0.0945. The fourth-order valence-corrected chi connectivity index (χ4v) is 1.70. The van der Waals surface area contributed by atoms with Gasteiger partial charge in [0, 0.05) is 26.1 Å². The highest BCUT2D eigenvalue weighted by Gasteiger charge is 2.30. The maximum absolute atomic E-state index is 11.7. The molecule has 1 aliphatic carbocycles. The Hall–Kier alpha value is -0.570. The molecule has 0 saturated heterocycles. The summed E-state index contributed by atoms with van der Waals surface area (Å²) in [7, 11) is 1.86. The lowest BCUT2D eigenvalue weighted by Gasteiger charge is -2.21. The van der Waals surface area contributed by atoms with Crippen molar-refractivity contribution < 1.29 is 4.79 Å². The largest absolute Gasteiger partial charge is 0.345 e. The van der Waals surface area contributed by atoms with Crippen LogP contribution in [0.1, 0.15) is 33.1 Å². The summed E-state index contributed by atoms with van der Waals surface area (Å²) >= 11 is 0. The lowest BCUT2D eigenvalue weighted by Crippen LogP contribution is -2.36. The predicted molar refractivity (Wildman–Crippen MR) is 57.8 cm³/mol. The van der Waals surface area contributed by atoms with Crippen molar-refractivity contribution in [1.82, 2.24) is 4.90 Å². The van der Waals surface area contributed by atoms with E-state index in [2.05, 4.69) is 13.8 Å². The van der Waals surface area contributed by atoms with Crippen LogP contribution in [0.4, 0.5) is 0 Å². The topological polar surface area (TPSA) is 46.3 Å². The van der Waals surface area contributed by atoms with E-state index in [1.54, 1.807) is 4.90 Å². The molecule has 0 aliphatic heterocycles. The van der Waals surface area contributed by atoms with Gasteiger partial charge in [0.15, 0.2) is 0 Å². The zero-order chi connectivity index (χ0) is 10.7. The molecule has 1 unspecified atom stereocenters. The van der Waals surface area contributed by atoms with Crippen LogP contribution in [0.3, 0.4) is 0 Å². The molecule has 1 atom stereocenters. The third-order valence-corrected chi connectivity index (χ3v) is 2.70. The zero-order valence-electron chi connectivity index (χ0n) is 9.49. The van der Waals surface area contributed by atoms with Crippen LogP contribution >= 0.6 is 0 Å². The predicted octanol–water partition coefficient (Wildman–Crippen LogP) is 1.23. The second-order valence-corrected chi connectivity index (χ2v) is 4.87. The van der Waals surface area contributed by atoms with E-state index >= 15 is 0 Å². The van der Waals surface area contributed by atoms with Crippen molar-refractivity contribution in [3.8, 4) is 0 Å². The third-order valence-electron chi connectivity index (χ3n) is 2.70. The zero-order valence-corrected chi connectivity index (χ0v) is 9.49. The summed E-state index contributed by atoms with van der Waals surface area (Å²) in [6.07, 6.45) is 2.94. The Kier molecular flexibility index (Phi) is 3.93. The van der Waals surface area contributed by atoms with Crippen LogP contribution in [0, 0.1) is 11.8 Å². The maximum atomic E-state index is 11.7. The number of rotatable bonds is 5. The Morgan fingerprint density at radius 1 is 1.50 bits per heavy atom. The number of hydrogen-bond acceptors (Lipinski definition) is 2. The summed E-state index contributed by atoms with van der Waals surface area (Å²) in [6.45, 7) is 5.06. The van der Waals surface area contributed by atoms with Gasteiger partial charge in [0.2, 0.25) is 5.91 Å². The molecular weight excluding hydrogens is 176 g/mol. The summed E-state index contributed by atoms with van der Waals surface area (Å²) in [5.41, 5.74) is 5.90. The maximum Gasteiger partial charge on any atom is 0.223 e. The number of nitrogens with zero attached hydrogens (tertiary/aromatic N) is 1. The standard InChI is InChI=1S/C11H22N2O/c1-8(2)7-13(3)11(14)6-10(12)9-4-5-9/h8-10H,4-7,12H2,1-3H3. The van der Waals surface area contributed by atoms with Gasteiger partial charge in [-0.1, -0.05) is 13.8 Å². The lowest BCUT2D eigenvalue weighted by atomic mass is 10.1. The van der Waals surface area contributed by atoms with Crippen molar-refractivity contribution in [2.45, 2.75) is 39.2 Å². The lowest BCUT2D eigenvalue weighted by molar-refractivity contribution is -0.130. The summed E-state index contributed by atoms with van der Waals surface area (Å²) in [5, 5.41) is 0. The molecular formula is C11H22N2O. The number of carbonyl (C=O) groups is 1. The van der Waals surface area contributed by atoms with Crippen LogP contribution in [0.5, 0.6) is 0 Å². The smallest absolute Gasteiger partial charge is 0.223 e. The van der Waals surface area contributed by atoms with Gasteiger partial charge in [-0.15, -0.1) is 0 Å². The normalized spacial score (nSPS) is 18.4. The second kappa shape index (κ2) is 4.78. The molecule has 0 heterocycles. The fourth-order valence-electron chi connectivity index (χ4n) is 1.70. The van der Waals surface area contributed by atoms with Crippen molar-refractivity contribution in [2.75, 3.05) is 13.6 Å². The molecule has 1 saturated carbocycles. The van der Waals surface area contributed by atoms with E-state index < -0.39 is 0 Å². The molecule has 0 spiro atoms. The average molecular weight is 198 g/mol. The fraction of sp³-hybridized carbons (Fsp3) is 0.909. The van der Waals surface area contributed by atoms with Crippen molar-refractivity contribution in [2.24, 2.45) is 17.6 Å². The minimum Gasteiger partial charge on any atom is -0.345 e. The van der Waals surface area contributed by atoms with E-state index in [1.165, 1.54) is 12.8 Å². The number of hydrogen-bond donors (Lipinski definition) is 1. The molecule has 1 fully saturated rings. The highest BCUT2D eigenvalue weighted by Crippen LogP contribution is 2.32. The molecule has 1 rings (SSSR count). The molecule has 1 aliphatic rings. The van der Waals surface area contributed by atoms with Crippen LogP contribution in [0.2, 0.25) is 0 Å². The van der Waals surface area contributed by atoms with E-state index in [1.807, 2.05) is 7.05 Å². The molecule has 0 aromatic carbocycles. The Morgan fingerprint density at radius 3 is 2.50 bits per heavy atom. The Balaban J connectivity index is 2.25. The van der Waals surface area contributed by atoms with E-state index in [4.69, 9.17) is 5.73 Å². The van der Waals surface area contributed by atoms with Crippen LogP contribution in [-0.4, -0.2) is 30.4 Å². The highest BCUT2D eigenvalue weighted by atomic mass is 16.2. The summed E-state index contributed by atoms with van der Waals surface area (Å²) in [4.78, 5) is 13.5. The van der Waals surface area contributed by atoms with Gasteiger partial charge in [0.05, 0.1) is 0 Å². The van der Waals surface area contributed by atoms with Gasteiger partial charge < -0.3 is 10.6 Å². The molecule has 0 aromatic heterocycles. The third kappa shape index (κ3) is 3.66. The monoisotopic (exact) mass is 198 g/mol. The number of nitrogens with two attached hydrogens (primary N) is 1. The van der Waals surface area contributed by atoms with Crippen molar-refractivity contribution in [3.63, 3.8) is 0 Å². The first kappa shape index (κ1) is 11.5. The first-order chi connectivity index (χ1) is 6.50. The summed E-state index contributed by atoms with van der Waals surface area (Å²) in [5.74, 6) is 1.34. The Bertz CT molecular complexity index is 199. The number of amides is 1. The summed E-state index contributed by atoms with van der Waals surface area (Å²) in [6, 6.07) is 0.0945. The van der Waals surface area contributed by atoms with Gasteiger partial charge in [-0.3, -0.25) is 4.79 Å². The summed E-state index contributed by atoms with van der Waals surface area (Å²) < 4.78 is 0. The SMILES string of the molecule is CC(C)CN(C)C(=O)CC(N)C1CC1. The highest BCUT2D eigenvalue weighted by molar-refractivity contribution is 5.76. The Labute approximate surface area is 86.6 Å². The minimum atomic E-state index is 0.0945. The molecule has 82 valence electrons. The van der Waals surface area contributed by atoms with Crippen LogP contribution in [0.25, 0.3) is 0 Å². The van der Waals surface area contributed by atoms with E-state index in [9.17, 15) is 4.79 Å². The first-order valence-corrected chi connectivity index (χ1v) is 5.50. The van der Waals surface area contributed by atoms with E-state index in [0.29, 0.717) is 18.3 Å². The van der Waals surface area contributed by atoms with Crippen molar-refractivity contribution in [1.29, 1.82) is 0 Å². The molecule has 14 heavy (non-hydrogen) atoms. The number of carbonyl (C=O) groups excluding carboxylic acids is 1. The molecule has 0 radical (unpaired) electrons. The molecule has 0 aromatic rings. The van der Waals surface area contributed by atoms with Crippen LogP contribution in [0.15, 0.2) is 0 Å². The molecule has 1 amide bonds.